The fourth-order valence-corrected chi connectivity index (χ4v) is 2.54. The molecule has 0 radical (unpaired) electrons. The van der Waals surface area contributed by atoms with E-state index in [1.54, 1.807) is 38.4 Å². The molecule has 26 heavy (non-hydrogen) atoms. The van der Waals surface area contributed by atoms with Crippen molar-refractivity contribution in [3.63, 3.8) is 0 Å². The third kappa shape index (κ3) is 6.00. The lowest BCUT2D eigenvalue weighted by molar-refractivity contribution is -0.152. The van der Waals surface area contributed by atoms with Gasteiger partial charge in [0.1, 0.15) is 6.04 Å². The van der Waals surface area contributed by atoms with Gasteiger partial charge in [0.05, 0.1) is 12.5 Å². The summed E-state index contributed by atoms with van der Waals surface area (Å²) in [6.45, 7) is 5.30. The molecule has 0 bridgehead atoms. The predicted octanol–water partition coefficient (Wildman–Crippen LogP) is 1.89. The van der Waals surface area contributed by atoms with Gasteiger partial charge in [-0.3, -0.25) is 19.6 Å². The maximum atomic E-state index is 12.9. The molecule has 1 aromatic carbocycles. The molecular formula is C18H26ClN3O4. The molecule has 0 saturated heterocycles. The van der Waals surface area contributed by atoms with E-state index in [1.807, 2.05) is 20.8 Å². The van der Waals surface area contributed by atoms with Crippen molar-refractivity contribution < 1.29 is 19.6 Å². The summed E-state index contributed by atoms with van der Waals surface area (Å²) in [7, 11) is 3.23. The van der Waals surface area contributed by atoms with Gasteiger partial charge < -0.3 is 10.2 Å². The quantitative estimate of drug-likeness (QED) is 0.427. The van der Waals surface area contributed by atoms with Crippen LogP contribution in [0.3, 0.4) is 0 Å². The number of amides is 3. The third-order valence-electron chi connectivity index (χ3n) is 3.92. The molecule has 0 aliphatic carbocycles. The minimum Gasteiger partial charge on any atom is -0.347 e. The fraction of sp³-hybridized carbons (Fsp3) is 0.500. The SMILES string of the molecule is CN(C)C(=O)C(NC(=O)C(CN(O)C=O)c1ccc(Cl)cc1)C(C)(C)C. The summed E-state index contributed by atoms with van der Waals surface area (Å²) >= 11 is 5.88. The van der Waals surface area contributed by atoms with Crippen molar-refractivity contribution in [2.45, 2.75) is 32.7 Å². The second kappa shape index (κ2) is 9.00. The van der Waals surface area contributed by atoms with Gasteiger partial charge in [-0.15, -0.1) is 0 Å². The Morgan fingerprint density at radius 2 is 1.77 bits per heavy atom. The Morgan fingerprint density at radius 3 is 2.19 bits per heavy atom. The summed E-state index contributed by atoms with van der Waals surface area (Å²) in [4.78, 5) is 37.6. The number of hydrogen-bond donors (Lipinski definition) is 2. The van der Waals surface area contributed by atoms with Crippen LogP contribution in [-0.2, 0) is 14.4 Å². The van der Waals surface area contributed by atoms with Gasteiger partial charge in [0.2, 0.25) is 18.2 Å². The van der Waals surface area contributed by atoms with Crippen LogP contribution in [0.5, 0.6) is 0 Å². The van der Waals surface area contributed by atoms with E-state index in [1.165, 1.54) is 4.90 Å². The van der Waals surface area contributed by atoms with Crippen LogP contribution < -0.4 is 5.32 Å². The van der Waals surface area contributed by atoms with Crippen LogP contribution in [0.2, 0.25) is 5.02 Å². The molecule has 0 aliphatic rings. The average Bonchev–Trinajstić information content (AvgIpc) is 2.56. The number of benzene rings is 1. The number of hydroxylamine groups is 2. The Balaban J connectivity index is 3.15. The average molecular weight is 384 g/mol. The standard InChI is InChI=1S/C18H26ClN3O4/c1-18(2,3)15(17(25)21(4)5)20-16(24)14(10-22(26)11-23)12-6-8-13(19)9-7-12/h6-9,11,14-15,26H,10H2,1-5H3,(H,20,24). The first-order chi connectivity index (χ1) is 12.0. The van der Waals surface area contributed by atoms with Gasteiger partial charge in [0, 0.05) is 19.1 Å². The first kappa shape index (κ1) is 21.9. The molecule has 2 N–H and O–H groups in total. The normalized spacial score (nSPS) is 13.5. The first-order valence-corrected chi connectivity index (χ1v) is 8.53. The number of likely N-dealkylation sites (N-methyl/N-ethyl adjacent to an activating group) is 1. The van der Waals surface area contributed by atoms with Gasteiger partial charge in [-0.1, -0.05) is 44.5 Å². The van der Waals surface area contributed by atoms with Crippen LogP contribution in [0.15, 0.2) is 24.3 Å². The van der Waals surface area contributed by atoms with E-state index in [4.69, 9.17) is 11.6 Å². The van der Waals surface area contributed by atoms with Gasteiger partial charge in [0.25, 0.3) is 0 Å². The summed E-state index contributed by atoms with van der Waals surface area (Å²) in [5.41, 5.74) is 0.0447. The number of halogens is 1. The first-order valence-electron chi connectivity index (χ1n) is 8.15. The molecule has 2 atom stereocenters. The molecule has 8 heteroatoms. The van der Waals surface area contributed by atoms with Crippen molar-refractivity contribution in [2.75, 3.05) is 20.6 Å². The molecule has 0 spiro atoms. The Labute approximate surface area is 158 Å². The number of carbonyl (C=O) groups is 3. The molecule has 1 aromatic rings. The van der Waals surface area contributed by atoms with Crippen molar-refractivity contribution in [3.8, 4) is 0 Å². The Morgan fingerprint density at radius 1 is 1.23 bits per heavy atom. The van der Waals surface area contributed by atoms with Gasteiger partial charge in [-0.05, 0) is 23.1 Å². The zero-order valence-corrected chi connectivity index (χ0v) is 16.4. The molecule has 3 amide bonds. The van der Waals surface area contributed by atoms with E-state index in [-0.39, 0.29) is 18.9 Å². The highest BCUT2D eigenvalue weighted by Crippen LogP contribution is 2.24. The Hall–Kier alpha value is -2.12. The molecule has 144 valence electrons. The van der Waals surface area contributed by atoms with Crippen LogP contribution in [0.4, 0.5) is 0 Å². The molecule has 2 unspecified atom stereocenters. The van der Waals surface area contributed by atoms with Crippen LogP contribution in [0.1, 0.15) is 32.3 Å². The van der Waals surface area contributed by atoms with Crippen LogP contribution in [-0.4, -0.2) is 60.1 Å². The second-order valence-corrected chi connectivity index (χ2v) is 7.81. The summed E-state index contributed by atoms with van der Waals surface area (Å²) in [6, 6.07) is 5.76. The highest BCUT2D eigenvalue weighted by atomic mass is 35.5. The predicted molar refractivity (Wildman–Crippen MR) is 98.8 cm³/mol. The zero-order chi connectivity index (χ0) is 20.1. The zero-order valence-electron chi connectivity index (χ0n) is 15.7. The lowest BCUT2D eigenvalue weighted by Crippen LogP contribution is -2.54. The summed E-state index contributed by atoms with van der Waals surface area (Å²) in [5.74, 6) is -1.57. The van der Waals surface area contributed by atoms with Crippen molar-refractivity contribution in [3.05, 3.63) is 34.9 Å². The van der Waals surface area contributed by atoms with E-state index >= 15 is 0 Å². The highest BCUT2D eigenvalue weighted by molar-refractivity contribution is 6.30. The van der Waals surface area contributed by atoms with Crippen LogP contribution in [0, 0.1) is 5.41 Å². The number of carbonyl (C=O) groups excluding carboxylic acids is 3. The lowest BCUT2D eigenvalue weighted by Gasteiger charge is -2.33. The molecule has 0 aromatic heterocycles. The lowest BCUT2D eigenvalue weighted by atomic mass is 9.85. The summed E-state index contributed by atoms with van der Waals surface area (Å²) in [6.07, 6.45) is 0.225. The molecule has 1 rings (SSSR count). The molecule has 0 heterocycles. The number of nitrogens with one attached hydrogen (secondary N) is 1. The van der Waals surface area contributed by atoms with E-state index < -0.39 is 23.3 Å². The molecule has 0 aliphatic heterocycles. The molecule has 7 nitrogen and oxygen atoms in total. The van der Waals surface area contributed by atoms with Crippen molar-refractivity contribution >= 4 is 29.8 Å². The van der Waals surface area contributed by atoms with E-state index in [9.17, 15) is 19.6 Å². The molecule has 0 fully saturated rings. The second-order valence-electron chi connectivity index (χ2n) is 7.37. The largest absolute Gasteiger partial charge is 0.347 e. The monoisotopic (exact) mass is 383 g/mol. The van der Waals surface area contributed by atoms with Gasteiger partial charge in [-0.25, -0.2) is 5.06 Å². The summed E-state index contributed by atoms with van der Waals surface area (Å²) in [5, 5.41) is 13.2. The van der Waals surface area contributed by atoms with Crippen molar-refractivity contribution in [1.29, 1.82) is 0 Å². The van der Waals surface area contributed by atoms with Crippen molar-refractivity contribution in [1.82, 2.24) is 15.3 Å². The maximum Gasteiger partial charge on any atom is 0.245 e. The van der Waals surface area contributed by atoms with Crippen LogP contribution >= 0.6 is 11.6 Å². The number of nitrogens with zero attached hydrogens (tertiary/aromatic N) is 2. The topological polar surface area (TPSA) is 90.0 Å². The van der Waals surface area contributed by atoms with E-state index in [0.29, 0.717) is 15.6 Å². The smallest absolute Gasteiger partial charge is 0.245 e. The Bertz CT molecular complexity index is 641. The fourth-order valence-electron chi connectivity index (χ4n) is 2.41. The highest BCUT2D eigenvalue weighted by Gasteiger charge is 2.36. The third-order valence-corrected chi connectivity index (χ3v) is 4.17. The maximum absolute atomic E-state index is 12.9. The minimum absolute atomic E-state index is 0.225. The van der Waals surface area contributed by atoms with E-state index in [2.05, 4.69) is 5.32 Å². The van der Waals surface area contributed by atoms with Gasteiger partial charge in [-0.2, -0.15) is 0 Å². The minimum atomic E-state index is -0.859. The Kier molecular flexibility index (Phi) is 7.59. The van der Waals surface area contributed by atoms with E-state index in [0.717, 1.165) is 0 Å². The van der Waals surface area contributed by atoms with Crippen LogP contribution in [0.25, 0.3) is 0 Å². The molecule has 0 saturated carbocycles. The summed E-state index contributed by atoms with van der Waals surface area (Å²) < 4.78 is 0. The number of hydrogen-bond acceptors (Lipinski definition) is 4. The van der Waals surface area contributed by atoms with Crippen molar-refractivity contribution in [2.24, 2.45) is 5.41 Å². The molecular weight excluding hydrogens is 358 g/mol. The number of rotatable bonds is 7. The van der Waals surface area contributed by atoms with Gasteiger partial charge >= 0.3 is 0 Å². The van der Waals surface area contributed by atoms with Gasteiger partial charge in [0.15, 0.2) is 0 Å².